The van der Waals surface area contributed by atoms with Crippen LogP contribution in [0.25, 0.3) is 0 Å². The molecule has 1 fully saturated rings. The third-order valence-electron chi connectivity index (χ3n) is 5.46. The highest BCUT2D eigenvalue weighted by Crippen LogP contribution is 2.66. The van der Waals surface area contributed by atoms with Crippen molar-refractivity contribution in [2.45, 2.75) is 17.8 Å². The van der Waals surface area contributed by atoms with Crippen LogP contribution in [-0.2, 0) is 0 Å². The van der Waals surface area contributed by atoms with Gasteiger partial charge in [-0.05, 0) is 70.8 Å². The number of ether oxygens (including phenoxy) is 3. The summed E-state index contributed by atoms with van der Waals surface area (Å²) >= 11 is 0. The number of rotatable bonds is 6. The van der Waals surface area contributed by atoms with Crippen molar-refractivity contribution in [1.29, 1.82) is 0 Å². The van der Waals surface area contributed by atoms with Gasteiger partial charge in [0.1, 0.15) is 17.2 Å². The van der Waals surface area contributed by atoms with E-state index in [1.807, 2.05) is 18.2 Å². The van der Waals surface area contributed by atoms with E-state index < -0.39 is 0 Å². The van der Waals surface area contributed by atoms with Crippen molar-refractivity contribution in [3.63, 3.8) is 0 Å². The number of hydrogen-bond acceptors (Lipinski definition) is 3. The Bertz CT molecular complexity index is 806. The predicted octanol–water partition coefficient (Wildman–Crippen LogP) is 5.38. The molecular weight excluding hydrogens is 336 g/mol. The molecule has 138 valence electrons. The Morgan fingerprint density at radius 3 is 1.04 bits per heavy atom. The molecule has 3 nitrogen and oxygen atoms in total. The van der Waals surface area contributed by atoms with Crippen LogP contribution in [0.15, 0.2) is 72.8 Å². The zero-order valence-electron chi connectivity index (χ0n) is 15.9. The largest absolute Gasteiger partial charge is 0.497 e. The summed E-state index contributed by atoms with van der Waals surface area (Å²) in [5.41, 5.74) is 3.90. The van der Waals surface area contributed by atoms with Crippen LogP contribution in [0, 0.1) is 0 Å². The van der Waals surface area contributed by atoms with Crippen molar-refractivity contribution in [3.8, 4) is 17.2 Å². The lowest BCUT2D eigenvalue weighted by atomic mass is 10.0. The lowest BCUT2D eigenvalue weighted by Crippen LogP contribution is -1.88. The van der Waals surface area contributed by atoms with Gasteiger partial charge in [0.05, 0.1) is 21.3 Å². The van der Waals surface area contributed by atoms with E-state index in [9.17, 15) is 0 Å². The first-order chi connectivity index (χ1) is 13.2. The van der Waals surface area contributed by atoms with Crippen LogP contribution in [0.5, 0.6) is 17.2 Å². The first-order valence-corrected chi connectivity index (χ1v) is 9.17. The third-order valence-corrected chi connectivity index (χ3v) is 5.46. The van der Waals surface area contributed by atoms with Crippen LogP contribution in [0.2, 0.25) is 0 Å². The molecule has 0 atom stereocenters. The molecule has 0 bridgehead atoms. The Labute approximate surface area is 160 Å². The van der Waals surface area contributed by atoms with Gasteiger partial charge in [-0.1, -0.05) is 36.4 Å². The van der Waals surface area contributed by atoms with Gasteiger partial charge in [0.15, 0.2) is 0 Å². The zero-order chi connectivity index (χ0) is 18.8. The minimum atomic E-state index is 0.402. The Morgan fingerprint density at radius 2 is 0.778 bits per heavy atom. The summed E-state index contributed by atoms with van der Waals surface area (Å²) < 4.78 is 16.3. The molecule has 0 saturated heterocycles. The van der Waals surface area contributed by atoms with E-state index in [0.29, 0.717) is 17.8 Å². The maximum absolute atomic E-state index is 5.45. The van der Waals surface area contributed by atoms with E-state index in [-0.39, 0.29) is 0 Å². The fourth-order valence-electron chi connectivity index (χ4n) is 4.10. The molecule has 1 aliphatic carbocycles. The first-order valence-electron chi connectivity index (χ1n) is 9.17. The van der Waals surface area contributed by atoms with Crippen molar-refractivity contribution in [2.24, 2.45) is 0 Å². The molecule has 0 amide bonds. The molecule has 3 aromatic rings. The average Bonchev–Trinajstić information content (AvgIpc) is 3.49. The van der Waals surface area contributed by atoms with E-state index in [2.05, 4.69) is 54.6 Å². The summed E-state index contributed by atoms with van der Waals surface area (Å²) in [4.78, 5) is 0. The average molecular weight is 360 g/mol. The highest BCUT2D eigenvalue weighted by Gasteiger charge is 2.52. The lowest BCUT2D eigenvalue weighted by molar-refractivity contribution is 0.414. The highest BCUT2D eigenvalue weighted by molar-refractivity contribution is 5.51. The molecule has 0 aromatic heterocycles. The SMILES string of the molecule is COc1cccc(C2C(c3cccc(OC)c3)C2c2cccc(OC)c2)c1. The van der Waals surface area contributed by atoms with Crippen LogP contribution >= 0.6 is 0 Å². The van der Waals surface area contributed by atoms with E-state index >= 15 is 0 Å². The molecule has 1 saturated carbocycles. The van der Waals surface area contributed by atoms with Crippen molar-refractivity contribution in [3.05, 3.63) is 89.5 Å². The standard InChI is InChI=1S/C24H24O3/c1-25-19-10-4-7-16(13-19)22-23(17-8-5-11-20(14-17)26-2)24(22)18-9-6-12-21(15-18)27-3/h4-15,22-24H,1-3H3. The fraction of sp³-hybridized carbons (Fsp3) is 0.250. The van der Waals surface area contributed by atoms with Gasteiger partial charge in [-0.15, -0.1) is 0 Å². The molecule has 0 unspecified atom stereocenters. The van der Waals surface area contributed by atoms with Crippen molar-refractivity contribution in [2.75, 3.05) is 21.3 Å². The topological polar surface area (TPSA) is 27.7 Å². The molecule has 3 aromatic carbocycles. The Kier molecular flexibility index (Phi) is 4.76. The van der Waals surface area contributed by atoms with Crippen LogP contribution in [0.3, 0.4) is 0 Å². The molecule has 0 spiro atoms. The number of hydrogen-bond donors (Lipinski definition) is 0. The van der Waals surface area contributed by atoms with E-state index in [1.54, 1.807) is 21.3 Å². The smallest absolute Gasteiger partial charge is 0.119 e. The van der Waals surface area contributed by atoms with Gasteiger partial charge in [0.25, 0.3) is 0 Å². The van der Waals surface area contributed by atoms with Crippen molar-refractivity contribution < 1.29 is 14.2 Å². The molecule has 0 heterocycles. The van der Waals surface area contributed by atoms with Crippen LogP contribution < -0.4 is 14.2 Å². The summed E-state index contributed by atoms with van der Waals surface area (Å²) in [7, 11) is 5.14. The monoisotopic (exact) mass is 360 g/mol. The van der Waals surface area contributed by atoms with Crippen molar-refractivity contribution in [1.82, 2.24) is 0 Å². The van der Waals surface area contributed by atoms with Crippen molar-refractivity contribution >= 4 is 0 Å². The van der Waals surface area contributed by atoms with Gasteiger partial charge < -0.3 is 14.2 Å². The summed E-state index contributed by atoms with van der Waals surface area (Å²) in [6, 6.07) is 25.2. The summed E-state index contributed by atoms with van der Waals surface area (Å²) in [5, 5.41) is 0. The Balaban J connectivity index is 1.75. The molecule has 1 aliphatic rings. The third kappa shape index (κ3) is 3.37. The second-order valence-corrected chi connectivity index (χ2v) is 6.91. The summed E-state index contributed by atoms with van der Waals surface area (Å²) in [6.07, 6.45) is 0. The minimum absolute atomic E-state index is 0.402. The van der Waals surface area contributed by atoms with Gasteiger partial charge in [-0.3, -0.25) is 0 Å². The summed E-state index contributed by atoms with van der Waals surface area (Å²) in [6.45, 7) is 0. The van der Waals surface area contributed by atoms with Gasteiger partial charge in [-0.2, -0.15) is 0 Å². The summed E-state index contributed by atoms with van der Waals surface area (Å²) in [5.74, 6) is 3.90. The van der Waals surface area contributed by atoms with Gasteiger partial charge in [0.2, 0.25) is 0 Å². The van der Waals surface area contributed by atoms with E-state index in [0.717, 1.165) is 17.2 Å². The van der Waals surface area contributed by atoms with Crippen LogP contribution in [0.4, 0.5) is 0 Å². The molecule has 3 heteroatoms. The van der Waals surface area contributed by atoms with E-state index in [1.165, 1.54) is 16.7 Å². The Morgan fingerprint density at radius 1 is 0.481 bits per heavy atom. The lowest BCUT2D eigenvalue weighted by Gasteiger charge is -2.05. The normalized spacial score (nSPS) is 20.8. The van der Waals surface area contributed by atoms with Gasteiger partial charge in [0, 0.05) is 0 Å². The maximum Gasteiger partial charge on any atom is 0.119 e. The molecule has 27 heavy (non-hydrogen) atoms. The van der Waals surface area contributed by atoms with Gasteiger partial charge >= 0.3 is 0 Å². The second kappa shape index (κ2) is 7.36. The quantitative estimate of drug-likeness (QED) is 0.591. The molecular formula is C24H24O3. The van der Waals surface area contributed by atoms with Gasteiger partial charge in [-0.25, -0.2) is 0 Å². The molecule has 4 rings (SSSR count). The van der Waals surface area contributed by atoms with Crippen LogP contribution in [0.1, 0.15) is 34.4 Å². The Hall–Kier alpha value is -2.94. The predicted molar refractivity (Wildman–Crippen MR) is 107 cm³/mol. The minimum Gasteiger partial charge on any atom is -0.497 e. The number of methoxy groups -OCH3 is 3. The zero-order valence-corrected chi connectivity index (χ0v) is 15.9. The fourth-order valence-corrected chi connectivity index (χ4v) is 4.10. The number of benzene rings is 3. The van der Waals surface area contributed by atoms with Crippen LogP contribution in [-0.4, -0.2) is 21.3 Å². The molecule has 0 N–H and O–H groups in total. The molecule has 0 aliphatic heterocycles. The second-order valence-electron chi connectivity index (χ2n) is 6.91. The highest BCUT2D eigenvalue weighted by atomic mass is 16.5. The van der Waals surface area contributed by atoms with E-state index in [4.69, 9.17) is 14.2 Å². The molecule has 0 radical (unpaired) electrons. The first kappa shape index (κ1) is 17.5. The maximum atomic E-state index is 5.45.